The first-order valence-electron chi connectivity index (χ1n) is 7.84. The summed E-state index contributed by atoms with van der Waals surface area (Å²) >= 11 is 0. The molecule has 1 aliphatic heterocycles. The van der Waals surface area contributed by atoms with E-state index in [1.807, 2.05) is 18.2 Å². The maximum absolute atomic E-state index is 11.8. The van der Waals surface area contributed by atoms with E-state index in [1.165, 1.54) is 17.9 Å². The van der Waals surface area contributed by atoms with Crippen LogP contribution in [-0.4, -0.2) is 36.2 Å². The van der Waals surface area contributed by atoms with Crippen molar-refractivity contribution >= 4 is 11.7 Å². The Morgan fingerprint density at radius 3 is 2.74 bits per heavy atom. The molecule has 1 saturated heterocycles. The number of hydrogen-bond acceptors (Lipinski definition) is 4. The van der Waals surface area contributed by atoms with Gasteiger partial charge in [0.15, 0.2) is 5.76 Å². The molecule has 23 heavy (non-hydrogen) atoms. The lowest BCUT2D eigenvalue weighted by Gasteiger charge is -2.16. The Morgan fingerprint density at radius 1 is 1.17 bits per heavy atom. The number of nitrogens with zero attached hydrogens (tertiary/aromatic N) is 1. The minimum atomic E-state index is -0.617. The first kappa shape index (κ1) is 15.5. The minimum Gasteiger partial charge on any atom is -0.461 e. The molecule has 1 aromatic heterocycles. The van der Waals surface area contributed by atoms with Crippen molar-refractivity contribution in [2.45, 2.75) is 13.0 Å². The van der Waals surface area contributed by atoms with Gasteiger partial charge in [-0.1, -0.05) is 30.3 Å². The number of ketones is 1. The number of rotatable bonds is 6. The zero-order valence-corrected chi connectivity index (χ0v) is 12.9. The fourth-order valence-corrected chi connectivity index (χ4v) is 2.90. The van der Waals surface area contributed by atoms with E-state index >= 15 is 0 Å². The predicted octanol–water partition coefficient (Wildman–Crippen LogP) is 2.10. The molecule has 5 heteroatoms. The topological polar surface area (TPSA) is 62.6 Å². The van der Waals surface area contributed by atoms with Crippen molar-refractivity contribution < 1.29 is 14.0 Å². The van der Waals surface area contributed by atoms with Crippen molar-refractivity contribution in [3.63, 3.8) is 0 Å². The van der Waals surface area contributed by atoms with Gasteiger partial charge in [0.05, 0.1) is 6.26 Å². The molecular formula is C18H20N2O3. The van der Waals surface area contributed by atoms with Gasteiger partial charge in [-0.2, -0.15) is 0 Å². The van der Waals surface area contributed by atoms with E-state index < -0.39 is 11.7 Å². The molecule has 2 aromatic rings. The van der Waals surface area contributed by atoms with Gasteiger partial charge >= 0.3 is 0 Å². The molecule has 120 valence electrons. The van der Waals surface area contributed by atoms with Gasteiger partial charge in [0, 0.05) is 19.6 Å². The molecular weight excluding hydrogens is 292 g/mol. The number of amides is 1. The highest BCUT2D eigenvalue weighted by atomic mass is 16.3. The number of nitrogens with one attached hydrogen (secondary N) is 1. The summed E-state index contributed by atoms with van der Waals surface area (Å²) in [6, 6.07) is 13.4. The zero-order chi connectivity index (χ0) is 16.1. The highest BCUT2D eigenvalue weighted by molar-refractivity contribution is 6.42. The first-order chi connectivity index (χ1) is 11.2. The molecule has 5 nitrogen and oxygen atoms in total. The molecule has 0 unspecified atom stereocenters. The lowest BCUT2D eigenvalue weighted by molar-refractivity contribution is -0.117. The Labute approximate surface area is 135 Å². The molecule has 0 bridgehead atoms. The number of hydrogen-bond donors (Lipinski definition) is 1. The van der Waals surface area contributed by atoms with Crippen LogP contribution in [0.1, 0.15) is 22.5 Å². The maximum Gasteiger partial charge on any atom is 0.295 e. The van der Waals surface area contributed by atoms with Crippen LogP contribution in [0, 0.1) is 5.92 Å². The van der Waals surface area contributed by atoms with Crippen molar-refractivity contribution in [3.8, 4) is 0 Å². The number of carbonyl (C=O) groups excluding carboxylic acids is 2. The average molecular weight is 312 g/mol. The fourth-order valence-electron chi connectivity index (χ4n) is 2.90. The summed E-state index contributed by atoms with van der Waals surface area (Å²) in [5.74, 6) is -0.748. The van der Waals surface area contributed by atoms with Crippen molar-refractivity contribution in [2.24, 2.45) is 5.92 Å². The number of carbonyl (C=O) groups is 2. The van der Waals surface area contributed by atoms with Gasteiger partial charge in [0.1, 0.15) is 0 Å². The zero-order valence-electron chi connectivity index (χ0n) is 12.9. The first-order valence-corrected chi connectivity index (χ1v) is 7.84. The number of benzene rings is 1. The van der Waals surface area contributed by atoms with Crippen LogP contribution in [0.2, 0.25) is 0 Å². The minimum absolute atomic E-state index is 0.0830. The van der Waals surface area contributed by atoms with E-state index in [0.717, 1.165) is 26.1 Å². The number of likely N-dealkylation sites (tertiary alicyclic amines) is 1. The van der Waals surface area contributed by atoms with Crippen LogP contribution in [0.15, 0.2) is 53.1 Å². The Bertz CT molecular complexity index is 652. The van der Waals surface area contributed by atoms with E-state index in [1.54, 1.807) is 6.07 Å². The second kappa shape index (κ2) is 7.24. The highest BCUT2D eigenvalue weighted by Crippen LogP contribution is 2.18. The van der Waals surface area contributed by atoms with Crippen molar-refractivity contribution in [1.82, 2.24) is 10.2 Å². The molecule has 2 heterocycles. The maximum atomic E-state index is 11.8. The Morgan fingerprint density at radius 2 is 2.00 bits per heavy atom. The molecule has 1 N–H and O–H groups in total. The van der Waals surface area contributed by atoms with Crippen LogP contribution >= 0.6 is 0 Å². The summed E-state index contributed by atoms with van der Waals surface area (Å²) in [4.78, 5) is 26.0. The molecule has 0 radical (unpaired) electrons. The van der Waals surface area contributed by atoms with Crippen LogP contribution in [0.4, 0.5) is 0 Å². The van der Waals surface area contributed by atoms with Crippen molar-refractivity contribution in [2.75, 3.05) is 19.6 Å². The highest BCUT2D eigenvalue weighted by Gasteiger charge is 2.25. The van der Waals surface area contributed by atoms with Gasteiger partial charge in [-0.3, -0.25) is 14.5 Å². The SMILES string of the molecule is O=C(NC[C@H]1CCN(Cc2ccccc2)C1)C(=O)c1ccco1. The third kappa shape index (κ3) is 4.07. The number of Topliss-reactive ketones (excluding diaryl/α,β-unsaturated/α-hetero) is 1. The van der Waals surface area contributed by atoms with Crippen LogP contribution in [0.25, 0.3) is 0 Å². The van der Waals surface area contributed by atoms with E-state index in [2.05, 4.69) is 22.3 Å². The van der Waals surface area contributed by atoms with Gasteiger partial charge in [-0.05, 0) is 36.6 Å². The van der Waals surface area contributed by atoms with Gasteiger partial charge in [-0.25, -0.2) is 0 Å². The van der Waals surface area contributed by atoms with E-state index in [4.69, 9.17) is 4.42 Å². The lowest BCUT2D eigenvalue weighted by atomic mass is 10.1. The van der Waals surface area contributed by atoms with Crippen molar-refractivity contribution in [3.05, 3.63) is 60.1 Å². The van der Waals surface area contributed by atoms with Crippen LogP contribution in [0.3, 0.4) is 0 Å². The summed E-state index contributed by atoms with van der Waals surface area (Å²) in [5.41, 5.74) is 1.30. The third-order valence-corrected chi connectivity index (χ3v) is 4.12. The van der Waals surface area contributed by atoms with Crippen LogP contribution < -0.4 is 5.32 Å². The fraction of sp³-hybridized carbons (Fsp3) is 0.333. The van der Waals surface area contributed by atoms with E-state index in [0.29, 0.717) is 12.5 Å². The standard InChI is InChI=1S/C18H20N2O3/c21-17(16-7-4-10-23-16)18(22)19-11-15-8-9-20(13-15)12-14-5-2-1-3-6-14/h1-7,10,15H,8-9,11-13H2,(H,19,22)/t15-/m1/s1. The smallest absolute Gasteiger partial charge is 0.295 e. The molecule has 0 spiro atoms. The monoisotopic (exact) mass is 312 g/mol. The largest absolute Gasteiger partial charge is 0.461 e. The number of furan rings is 1. The average Bonchev–Trinajstić information content (AvgIpc) is 3.25. The van der Waals surface area contributed by atoms with E-state index in [9.17, 15) is 9.59 Å². The molecule has 1 aromatic carbocycles. The van der Waals surface area contributed by atoms with Gasteiger partial charge in [0.2, 0.25) is 0 Å². The quantitative estimate of drug-likeness (QED) is 0.655. The summed E-state index contributed by atoms with van der Waals surface area (Å²) in [7, 11) is 0. The molecule has 0 saturated carbocycles. The molecule has 1 aliphatic rings. The van der Waals surface area contributed by atoms with Gasteiger partial charge < -0.3 is 9.73 Å². The predicted molar refractivity (Wildman–Crippen MR) is 85.9 cm³/mol. The molecule has 1 amide bonds. The van der Waals surface area contributed by atoms with Gasteiger partial charge in [-0.15, -0.1) is 0 Å². The van der Waals surface area contributed by atoms with E-state index in [-0.39, 0.29) is 5.76 Å². The second-order valence-corrected chi connectivity index (χ2v) is 5.89. The normalized spacial score (nSPS) is 18.0. The summed E-state index contributed by atoms with van der Waals surface area (Å²) in [6.07, 6.45) is 2.42. The van der Waals surface area contributed by atoms with Crippen LogP contribution in [-0.2, 0) is 11.3 Å². The lowest BCUT2D eigenvalue weighted by Crippen LogP contribution is -2.35. The molecule has 0 aliphatic carbocycles. The van der Waals surface area contributed by atoms with Gasteiger partial charge in [0.25, 0.3) is 11.7 Å². The Balaban J connectivity index is 1.43. The van der Waals surface area contributed by atoms with Crippen molar-refractivity contribution in [1.29, 1.82) is 0 Å². The molecule has 1 fully saturated rings. The Kier molecular flexibility index (Phi) is 4.88. The summed E-state index contributed by atoms with van der Waals surface area (Å²) in [5, 5.41) is 2.72. The Hall–Kier alpha value is -2.40. The third-order valence-electron chi connectivity index (χ3n) is 4.12. The van der Waals surface area contributed by atoms with Crippen LogP contribution in [0.5, 0.6) is 0 Å². The molecule has 1 atom stereocenters. The summed E-state index contributed by atoms with van der Waals surface area (Å²) in [6.45, 7) is 3.40. The molecule has 3 rings (SSSR count). The summed E-state index contributed by atoms with van der Waals surface area (Å²) < 4.78 is 4.95. The second-order valence-electron chi connectivity index (χ2n) is 5.89.